The minimum absolute atomic E-state index is 0.162. The predicted octanol–water partition coefficient (Wildman–Crippen LogP) is 3.17. The van der Waals surface area contributed by atoms with Gasteiger partial charge in [0.1, 0.15) is 5.82 Å². The highest BCUT2D eigenvalue weighted by Gasteiger charge is 2.23. The average molecular weight is 238 g/mol. The van der Waals surface area contributed by atoms with Gasteiger partial charge in [0.05, 0.1) is 0 Å². The van der Waals surface area contributed by atoms with E-state index in [1.807, 2.05) is 12.1 Å². The highest BCUT2D eigenvalue weighted by Crippen LogP contribution is 2.20. The Hall–Kier alpha value is -1.09. The first-order valence-electron chi connectivity index (χ1n) is 6.34. The van der Waals surface area contributed by atoms with Crippen molar-refractivity contribution in [3.63, 3.8) is 0 Å². The Morgan fingerprint density at radius 2 is 1.65 bits per heavy atom. The van der Waals surface area contributed by atoms with Crippen LogP contribution in [0.1, 0.15) is 33.6 Å². The van der Waals surface area contributed by atoms with E-state index in [1.165, 1.54) is 12.1 Å². The number of hydrogen-bond acceptors (Lipinski definition) is 2. The third-order valence-corrected chi connectivity index (χ3v) is 3.49. The van der Waals surface area contributed by atoms with E-state index in [-0.39, 0.29) is 11.4 Å². The molecule has 96 valence electrons. The summed E-state index contributed by atoms with van der Waals surface area (Å²) in [5.74, 6) is -0.199. The number of hydrogen-bond donors (Lipinski definition) is 1. The van der Waals surface area contributed by atoms with Crippen molar-refractivity contribution in [3.05, 3.63) is 30.1 Å². The standard InChI is InChI=1S/C14H23FN2/c1-4-14(16,5-2)11-17(6-3)13-9-7-12(15)8-10-13/h7-10H,4-6,11,16H2,1-3H3. The van der Waals surface area contributed by atoms with Gasteiger partial charge in [0, 0.05) is 24.3 Å². The molecule has 1 aromatic carbocycles. The molecule has 0 aliphatic heterocycles. The Balaban J connectivity index is 2.81. The first-order valence-corrected chi connectivity index (χ1v) is 6.34. The second kappa shape index (κ2) is 6.01. The second-order valence-corrected chi connectivity index (χ2v) is 4.56. The molecular formula is C14H23FN2. The summed E-state index contributed by atoms with van der Waals surface area (Å²) in [5.41, 5.74) is 7.20. The summed E-state index contributed by atoms with van der Waals surface area (Å²) >= 11 is 0. The van der Waals surface area contributed by atoms with Gasteiger partial charge in [-0.25, -0.2) is 4.39 Å². The van der Waals surface area contributed by atoms with Crippen LogP contribution in [0.2, 0.25) is 0 Å². The monoisotopic (exact) mass is 238 g/mol. The molecule has 2 nitrogen and oxygen atoms in total. The van der Waals surface area contributed by atoms with Gasteiger partial charge in [-0.2, -0.15) is 0 Å². The highest BCUT2D eigenvalue weighted by molar-refractivity contribution is 5.46. The molecule has 1 rings (SSSR count). The molecule has 0 saturated heterocycles. The lowest BCUT2D eigenvalue weighted by molar-refractivity contribution is 0.395. The summed E-state index contributed by atoms with van der Waals surface area (Å²) in [6, 6.07) is 6.61. The number of likely N-dealkylation sites (N-methyl/N-ethyl adjacent to an activating group) is 1. The lowest BCUT2D eigenvalue weighted by atomic mass is 9.93. The summed E-state index contributed by atoms with van der Waals surface area (Å²) in [4.78, 5) is 2.20. The number of nitrogens with zero attached hydrogens (tertiary/aromatic N) is 1. The Bertz CT molecular complexity index is 331. The summed E-state index contributed by atoms with van der Waals surface area (Å²) in [7, 11) is 0. The van der Waals surface area contributed by atoms with Crippen molar-refractivity contribution < 1.29 is 4.39 Å². The van der Waals surface area contributed by atoms with Gasteiger partial charge in [-0.05, 0) is 44.0 Å². The Morgan fingerprint density at radius 1 is 1.12 bits per heavy atom. The number of anilines is 1. The van der Waals surface area contributed by atoms with Crippen molar-refractivity contribution >= 4 is 5.69 Å². The van der Waals surface area contributed by atoms with Crippen LogP contribution in [0.25, 0.3) is 0 Å². The molecule has 17 heavy (non-hydrogen) atoms. The van der Waals surface area contributed by atoms with Gasteiger partial charge in [-0.15, -0.1) is 0 Å². The molecule has 0 fully saturated rings. The molecular weight excluding hydrogens is 215 g/mol. The lowest BCUT2D eigenvalue weighted by Crippen LogP contribution is -2.49. The molecule has 0 aliphatic carbocycles. The first kappa shape index (κ1) is 14.0. The van der Waals surface area contributed by atoms with Crippen LogP contribution in [0.5, 0.6) is 0 Å². The molecule has 1 aromatic rings. The maximum Gasteiger partial charge on any atom is 0.123 e. The van der Waals surface area contributed by atoms with Gasteiger partial charge >= 0.3 is 0 Å². The van der Waals surface area contributed by atoms with Crippen LogP contribution >= 0.6 is 0 Å². The number of rotatable bonds is 6. The molecule has 0 aromatic heterocycles. The zero-order valence-corrected chi connectivity index (χ0v) is 11.0. The molecule has 0 amide bonds. The fourth-order valence-corrected chi connectivity index (χ4v) is 1.89. The van der Waals surface area contributed by atoms with E-state index in [1.54, 1.807) is 0 Å². The molecule has 2 N–H and O–H groups in total. The van der Waals surface area contributed by atoms with Crippen LogP contribution in [-0.2, 0) is 0 Å². The quantitative estimate of drug-likeness (QED) is 0.824. The lowest BCUT2D eigenvalue weighted by Gasteiger charge is -2.35. The van der Waals surface area contributed by atoms with Crippen molar-refractivity contribution in [2.45, 2.75) is 39.2 Å². The summed E-state index contributed by atoms with van der Waals surface area (Å²) in [5, 5.41) is 0. The molecule has 0 spiro atoms. The Morgan fingerprint density at radius 3 is 2.06 bits per heavy atom. The van der Waals surface area contributed by atoms with Gasteiger partial charge in [0.25, 0.3) is 0 Å². The van der Waals surface area contributed by atoms with Crippen molar-refractivity contribution in [1.82, 2.24) is 0 Å². The van der Waals surface area contributed by atoms with Gasteiger partial charge in [-0.1, -0.05) is 13.8 Å². The Kier molecular flexibility index (Phi) is 4.94. The van der Waals surface area contributed by atoms with Crippen molar-refractivity contribution in [3.8, 4) is 0 Å². The maximum atomic E-state index is 12.9. The zero-order valence-electron chi connectivity index (χ0n) is 11.0. The third-order valence-electron chi connectivity index (χ3n) is 3.49. The largest absolute Gasteiger partial charge is 0.370 e. The van der Waals surface area contributed by atoms with Gasteiger partial charge < -0.3 is 10.6 Å². The van der Waals surface area contributed by atoms with E-state index in [2.05, 4.69) is 25.7 Å². The van der Waals surface area contributed by atoms with Crippen LogP contribution in [0.3, 0.4) is 0 Å². The fourth-order valence-electron chi connectivity index (χ4n) is 1.89. The van der Waals surface area contributed by atoms with Crippen LogP contribution < -0.4 is 10.6 Å². The molecule has 0 bridgehead atoms. The normalized spacial score (nSPS) is 11.6. The SMILES string of the molecule is CCN(CC(N)(CC)CC)c1ccc(F)cc1. The molecule has 0 saturated carbocycles. The average Bonchev–Trinajstić information content (AvgIpc) is 2.37. The number of benzene rings is 1. The maximum absolute atomic E-state index is 12.9. The highest BCUT2D eigenvalue weighted by atomic mass is 19.1. The molecule has 0 heterocycles. The van der Waals surface area contributed by atoms with E-state index in [0.29, 0.717) is 0 Å². The summed E-state index contributed by atoms with van der Waals surface area (Å²) in [6.45, 7) is 8.01. The van der Waals surface area contributed by atoms with Crippen LogP contribution in [0, 0.1) is 5.82 Å². The molecule has 0 unspecified atom stereocenters. The Labute approximate surface area is 104 Å². The van der Waals surface area contributed by atoms with E-state index in [0.717, 1.165) is 31.6 Å². The summed E-state index contributed by atoms with van der Waals surface area (Å²) in [6.07, 6.45) is 1.89. The van der Waals surface area contributed by atoms with Crippen molar-refractivity contribution in [2.24, 2.45) is 5.73 Å². The zero-order chi connectivity index (χ0) is 12.9. The third kappa shape index (κ3) is 3.70. The molecule has 0 aliphatic rings. The second-order valence-electron chi connectivity index (χ2n) is 4.56. The topological polar surface area (TPSA) is 29.3 Å². The van der Waals surface area contributed by atoms with E-state index in [4.69, 9.17) is 5.73 Å². The number of halogens is 1. The van der Waals surface area contributed by atoms with Crippen LogP contribution in [0.4, 0.5) is 10.1 Å². The van der Waals surface area contributed by atoms with Gasteiger partial charge in [0.2, 0.25) is 0 Å². The van der Waals surface area contributed by atoms with Crippen molar-refractivity contribution in [1.29, 1.82) is 0 Å². The summed E-state index contributed by atoms with van der Waals surface area (Å²) < 4.78 is 12.9. The van der Waals surface area contributed by atoms with E-state index >= 15 is 0 Å². The smallest absolute Gasteiger partial charge is 0.123 e. The molecule has 0 atom stereocenters. The first-order chi connectivity index (χ1) is 8.04. The van der Waals surface area contributed by atoms with Crippen LogP contribution in [-0.4, -0.2) is 18.6 Å². The number of nitrogens with two attached hydrogens (primary N) is 1. The minimum Gasteiger partial charge on any atom is -0.370 e. The minimum atomic E-state index is -0.199. The van der Waals surface area contributed by atoms with Crippen LogP contribution in [0.15, 0.2) is 24.3 Å². The van der Waals surface area contributed by atoms with Crippen molar-refractivity contribution in [2.75, 3.05) is 18.0 Å². The van der Waals surface area contributed by atoms with E-state index in [9.17, 15) is 4.39 Å². The van der Waals surface area contributed by atoms with E-state index < -0.39 is 0 Å². The fraction of sp³-hybridized carbons (Fsp3) is 0.571. The predicted molar refractivity (Wildman–Crippen MR) is 71.8 cm³/mol. The van der Waals surface area contributed by atoms with Gasteiger partial charge in [0.15, 0.2) is 0 Å². The van der Waals surface area contributed by atoms with Gasteiger partial charge in [-0.3, -0.25) is 0 Å². The molecule has 0 radical (unpaired) electrons. The molecule has 3 heteroatoms.